The summed E-state index contributed by atoms with van der Waals surface area (Å²) in [4.78, 5) is 25.0. The van der Waals surface area contributed by atoms with Gasteiger partial charge >= 0.3 is 0 Å². The van der Waals surface area contributed by atoms with E-state index in [4.69, 9.17) is 5.73 Å². The second kappa shape index (κ2) is 8.47. The highest BCUT2D eigenvalue weighted by atomic mass is 19.1. The summed E-state index contributed by atoms with van der Waals surface area (Å²) in [5, 5.41) is 3.25. The summed E-state index contributed by atoms with van der Waals surface area (Å²) in [7, 11) is 0. The van der Waals surface area contributed by atoms with Crippen LogP contribution in [0.3, 0.4) is 0 Å². The summed E-state index contributed by atoms with van der Waals surface area (Å²) in [6.45, 7) is 2.02. The Hall–Kier alpha value is -3.88. The Labute approximate surface area is 177 Å². The SMILES string of the molecule is CCCC(Nc1nc(-c2cnc3ccc(F)cn23)ncc1C(N)=O)c1ccc(F)cc1. The number of nitrogens with zero attached hydrogens (tertiary/aromatic N) is 4. The van der Waals surface area contributed by atoms with Gasteiger partial charge in [0, 0.05) is 12.4 Å². The maximum Gasteiger partial charge on any atom is 0.254 e. The first-order chi connectivity index (χ1) is 15.0. The molecule has 1 aromatic carbocycles. The summed E-state index contributed by atoms with van der Waals surface area (Å²) in [5.74, 6) is -0.960. The monoisotopic (exact) mass is 422 g/mol. The van der Waals surface area contributed by atoms with E-state index in [9.17, 15) is 13.6 Å². The molecule has 0 aliphatic carbocycles. The van der Waals surface area contributed by atoms with E-state index in [2.05, 4.69) is 20.3 Å². The van der Waals surface area contributed by atoms with E-state index in [-0.39, 0.29) is 29.1 Å². The van der Waals surface area contributed by atoms with Crippen LogP contribution in [0.2, 0.25) is 0 Å². The van der Waals surface area contributed by atoms with Crippen LogP contribution >= 0.6 is 0 Å². The predicted octanol–water partition coefficient (Wildman–Crippen LogP) is 4.12. The van der Waals surface area contributed by atoms with E-state index >= 15 is 0 Å². The molecule has 3 aromatic heterocycles. The van der Waals surface area contributed by atoms with E-state index in [1.165, 1.54) is 41.2 Å². The maximum atomic E-state index is 13.7. The number of nitrogens with one attached hydrogen (secondary N) is 1. The van der Waals surface area contributed by atoms with Gasteiger partial charge in [-0.2, -0.15) is 0 Å². The molecule has 1 amide bonds. The number of carbonyl (C=O) groups is 1. The zero-order valence-electron chi connectivity index (χ0n) is 16.7. The van der Waals surface area contributed by atoms with Crippen molar-refractivity contribution in [2.24, 2.45) is 5.73 Å². The Bertz CT molecular complexity index is 1240. The van der Waals surface area contributed by atoms with Gasteiger partial charge in [-0.3, -0.25) is 9.20 Å². The van der Waals surface area contributed by atoms with Crippen LogP contribution in [0, 0.1) is 11.6 Å². The maximum absolute atomic E-state index is 13.7. The molecule has 0 fully saturated rings. The molecule has 0 saturated carbocycles. The lowest BCUT2D eigenvalue weighted by Crippen LogP contribution is -2.19. The summed E-state index contributed by atoms with van der Waals surface area (Å²) < 4.78 is 28.6. The van der Waals surface area contributed by atoms with Gasteiger partial charge in [-0.05, 0) is 36.2 Å². The van der Waals surface area contributed by atoms with Gasteiger partial charge < -0.3 is 11.1 Å². The summed E-state index contributed by atoms with van der Waals surface area (Å²) in [6, 6.07) is 8.76. The molecule has 0 aliphatic rings. The molecule has 7 nitrogen and oxygen atoms in total. The van der Waals surface area contributed by atoms with Gasteiger partial charge in [0.25, 0.3) is 5.91 Å². The minimum atomic E-state index is -0.687. The molecule has 0 saturated heterocycles. The smallest absolute Gasteiger partial charge is 0.254 e. The van der Waals surface area contributed by atoms with Crippen LogP contribution < -0.4 is 11.1 Å². The number of halogens is 2. The molecular weight excluding hydrogens is 402 g/mol. The van der Waals surface area contributed by atoms with E-state index in [1.807, 2.05) is 6.92 Å². The highest BCUT2D eigenvalue weighted by Crippen LogP contribution is 2.27. The first kappa shape index (κ1) is 20.4. The van der Waals surface area contributed by atoms with Gasteiger partial charge in [-0.15, -0.1) is 0 Å². The lowest BCUT2D eigenvalue weighted by Gasteiger charge is -2.21. The molecular formula is C22H20F2N6O. The third kappa shape index (κ3) is 4.20. The number of amides is 1. The molecule has 4 aromatic rings. The molecule has 1 unspecified atom stereocenters. The first-order valence-corrected chi connectivity index (χ1v) is 9.78. The highest BCUT2D eigenvalue weighted by Gasteiger charge is 2.19. The Morgan fingerprint density at radius 1 is 1.10 bits per heavy atom. The zero-order valence-corrected chi connectivity index (χ0v) is 16.7. The third-order valence-corrected chi connectivity index (χ3v) is 4.91. The number of hydrogen-bond acceptors (Lipinski definition) is 5. The van der Waals surface area contributed by atoms with Crippen molar-refractivity contribution in [3.63, 3.8) is 0 Å². The van der Waals surface area contributed by atoms with Crippen molar-refractivity contribution in [2.45, 2.75) is 25.8 Å². The first-order valence-electron chi connectivity index (χ1n) is 9.78. The number of anilines is 1. The largest absolute Gasteiger partial charge is 0.365 e. The van der Waals surface area contributed by atoms with Crippen LogP contribution in [0.5, 0.6) is 0 Å². The van der Waals surface area contributed by atoms with E-state index < -0.39 is 11.7 Å². The van der Waals surface area contributed by atoms with Gasteiger partial charge in [0.05, 0.1) is 17.8 Å². The molecule has 158 valence electrons. The molecule has 3 heterocycles. The number of carbonyl (C=O) groups excluding carboxylic acids is 1. The molecule has 4 rings (SSSR count). The molecule has 0 bridgehead atoms. The average Bonchev–Trinajstić information content (AvgIpc) is 3.17. The number of primary amides is 1. The van der Waals surface area contributed by atoms with Crippen LogP contribution in [-0.4, -0.2) is 25.3 Å². The van der Waals surface area contributed by atoms with Crippen molar-refractivity contribution in [2.75, 3.05) is 5.32 Å². The Morgan fingerprint density at radius 3 is 2.55 bits per heavy atom. The summed E-state index contributed by atoms with van der Waals surface area (Å²) >= 11 is 0. The predicted molar refractivity (Wildman–Crippen MR) is 112 cm³/mol. The van der Waals surface area contributed by atoms with Crippen molar-refractivity contribution in [3.8, 4) is 11.5 Å². The fraction of sp³-hybridized carbons (Fsp3) is 0.182. The molecule has 0 aliphatic heterocycles. The van der Waals surface area contributed by atoms with E-state index in [0.717, 1.165) is 12.0 Å². The quantitative estimate of drug-likeness (QED) is 0.467. The van der Waals surface area contributed by atoms with Gasteiger partial charge in [-0.1, -0.05) is 25.5 Å². The number of fused-ring (bicyclic) bond motifs is 1. The lowest BCUT2D eigenvalue weighted by molar-refractivity contribution is 0.100. The minimum Gasteiger partial charge on any atom is -0.365 e. The Balaban J connectivity index is 1.77. The number of benzene rings is 1. The van der Waals surface area contributed by atoms with Crippen LogP contribution in [-0.2, 0) is 0 Å². The lowest BCUT2D eigenvalue weighted by atomic mass is 10.0. The molecule has 0 radical (unpaired) electrons. The molecule has 1 atom stereocenters. The van der Waals surface area contributed by atoms with Crippen molar-refractivity contribution in [1.29, 1.82) is 0 Å². The van der Waals surface area contributed by atoms with Gasteiger partial charge in [-0.25, -0.2) is 23.7 Å². The van der Waals surface area contributed by atoms with E-state index in [1.54, 1.807) is 18.2 Å². The molecule has 9 heteroatoms. The van der Waals surface area contributed by atoms with Crippen molar-refractivity contribution in [1.82, 2.24) is 19.4 Å². The standard InChI is InChI=1S/C22H20F2N6O/c1-2-3-17(13-4-6-14(23)7-5-13)28-21-16(20(25)31)10-27-22(29-21)18-11-26-19-9-8-15(24)12-30(18)19/h4-12,17H,2-3H2,1H3,(H2,25,31)(H,27,28,29). The van der Waals surface area contributed by atoms with Crippen LogP contribution in [0.15, 0.2) is 55.0 Å². The topological polar surface area (TPSA) is 98.2 Å². The number of pyridine rings is 1. The molecule has 3 N–H and O–H groups in total. The van der Waals surface area contributed by atoms with Gasteiger partial charge in [0.2, 0.25) is 0 Å². The normalized spacial score (nSPS) is 12.1. The van der Waals surface area contributed by atoms with Crippen LogP contribution in [0.4, 0.5) is 14.6 Å². The number of rotatable bonds is 7. The summed E-state index contributed by atoms with van der Waals surface area (Å²) in [6.07, 6.45) is 5.70. The number of hydrogen-bond donors (Lipinski definition) is 2. The number of aromatic nitrogens is 4. The van der Waals surface area contributed by atoms with Crippen molar-refractivity contribution >= 4 is 17.4 Å². The van der Waals surface area contributed by atoms with Gasteiger partial charge in [0.1, 0.15) is 28.8 Å². The zero-order chi connectivity index (χ0) is 22.0. The number of imidazole rings is 1. The summed E-state index contributed by atoms with van der Waals surface area (Å²) in [5.41, 5.74) is 7.48. The van der Waals surface area contributed by atoms with Crippen molar-refractivity contribution < 1.29 is 13.6 Å². The van der Waals surface area contributed by atoms with Gasteiger partial charge in [0.15, 0.2) is 5.82 Å². The van der Waals surface area contributed by atoms with Crippen molar-refractivity contribution in [3.05, 3.63) is 77.8 Å². The Kier molecular flexibility index (Phi) is 5.57. The second-order valence-electron chi connectivity index (χ2n) is 7.08. The fourth-order valence-electron chi connectivity index (χ4n) is 3.39. The second-order valence-corrected chi connectivity index (χ2v) is 7.08. The average molecular weight is 422 g/mol. The highest BCUT2D eigenvalue weighted by molar-refractivity contribution is 5.97. The number of nitrogens with two attached hydrogens (primary N) is 1. The van der Waals surface area contributed by atoms with E-state index in [0.29, 0.717) is 17.8 Å². The Morgan fingerprint density at radius 2 is 1.84 bits per heavy atom. The third-order valence-electron chi connectivity index (χ3n) is 4.91. The van der Waals surface area contributed by atoms with Crippen LogP contribution in [0.1, 0.15) is 41.7 Å². The molecule has 31 heavy (non-hydrogen) atoms. The molecule has 0 spiro atoms. The fourth-order valence-corrected chi connectivity index (χ4v) is 3.39. The minimum absolute atomic E-state index is 0.118. The van der Waals surface area contributed by atoms with Crippen LogP contribution in [0.25, 0.3) is 17.2 Å².